The van der Waals surface area contributed by atoms with Crippen LogP contribution in [0, 0.1) is 0 Å². The van der Waals surface area contributed by atoms with Crippen LogP contribution >= 0.6 is 12.6 Å². The topological polar surface area (TPSA) is 26.0 Å². The van der Waals surface area contributed by atoms with Gasteiger partial charge < -0.3 is 4.42 Å². The van der Waals surface area contributed by atoms with Gasteiger partial charge in [-0.05, 0) is 18.2 Å². The summed E-state index contributed by atoms with van der Waals surface area (Å²) in [4.78, 5) is 5.17. The van der Waals surface area contributed by atoms with Gasteiger partial charge in [-0.25, -0.2) is 4.98 Å². The summed E-state index contributed by atoms with van der Waals surface area (Å²) < 4.78 is 5.45. The molecule has 66 valence electrons. The summed E-state index contributed by atoms with van der Waals surface area (Å²) in [6.45, 7) is 3.63. The molecule has 0 bridgehead atoms. The highest BCUT2D eigenvalue weighted by molar-refractivity contribution is 7.80. The molecule has 0 N–H and O–H groups in total. The number of benzene rings is 1. The molecule has 0 aliphatic carbocycles. The zero-order valence-electron chi connectivity index (χ0n) is 7.03. The SMILES string of the molecule is C=CCc1nc2cc(S)ccc2o1. The average molecular weight is 191 g/mol. The second kappa shape index (κ2) is 3.26. The third-order valence-electron chi connectivity index (χ3n) is 1.73. The Labute approximate surface area is 81.7 Å². The van der Waals surface area contributed by atoms with E-state index in [0.717, 1.165) is 16.0 Å². The first-order valence-electron chi connectivity index (χ1n) is 3.99. The Morgan fingerprint density at radius 1 is 1.54 bits per heavy atom. The van der Waals surface area contributed by atoms with Crippen LogP contribution in [0.4, 0.5) is 0 Å². The largest absolute Gasteiger partial charge is 0.440 e. The fraction of sp³-hybridized carbons (Fsp3) is 0.100. The second-order valence-corrected chi connectivity index (χ2v) is 3.27. The van der Waals surface area contributed by atoms with E-state index in [4.69, 9.17) is 4.42 Å². The first kappa shape index (κ1) is 8.38. The van der Waals surface area contributed by atoms with Gasteiger partial charge in [-0.15, -0.1) is 19.2 Å². The van der Waals surface area contributed by atoms with Gasteiger partial charge in [0.25, 0.3) is 0 Å². The monoisotopic (exact) mass is 191 g/mol. The van der Waals surface area contributed by atoms with Crippen molar-refractivity contribution in [1.82, 2.24) is 4.98 Å². The van der Waals surface area contributed by atoms with Gasteiger partial charge in [0.2, 0.25) is 0 Å². The highest BCUT2D eigenvalue weighted by Crippen LogP contribution is 2.19. The van der Waals surface area contributed by atoms with E-state index in [2.05, 4.69) is 24.2 Å². The number of fused-ring (bicyclic) bond motifs is 1. The second-order valence-electron chi connectivity index (χ2n) is 2.75. The van der Waals surface area contributed by atoms with Crippen LogP contribution in [0.1, 0.15) is 5.89 Å². The lowest BCUT2D eigenvalue weighted by atomic mass is 10.3. The molecule has 0 unspecified atom stereocenters. The molecule has 3 heteroatoms. The van der Waals surface area contributed by atoms with Crippen LogP contribution < -0.4 is 0 Å². The molecule has 13 heavy (non-hydrogen) atoms. The van der Waals surface area contributed by atoms with E-state index in [0.29, 0.717) is 12.3 Å². The number of hydrogen-bond donors (Lipinski definition) is 1. The minimum Gasteiger partial charge on any atom is -0.440 e. The summed E-state index contributed by atoms with van der Waals surface area (Å²) in [5.41, 5.74) is 1.65. The number of rotatable bonds is 2. The Bertz CT molecular complexity index is 447. The summed E-state index contributed by atoms with van der Waals surface area (Å²) in [6.07, 6.45) is 2.43. The third kappa shape index (κ3) is 1.60. The maximum Gasteiger partial charge on any atom is 0.199 e. The van der Waals surface area contributed by atoms with E-state index in [-0.39, 0.29) is 0 Å². The zero-order chi connectivity index (χ0) is 9.26. The summed E-state index contributed by atoms with van der Waals surface area (Å²) in [5, 5.41) is 0. The van der Waals surface area contributed by atoms with Gasteiger partial charge in [0.1, 0.15) is 5.52 Å². The summed E-state index contributed by atoms with van der Waals surface area (Å²) >= 11 is 4.22. The van der Waals surface area contributed by atoms with Crippen molar-refractivity contribution in [2.24, 2.45) is 0 Å². The van der Waals surface area contributed by atoms with Gasteiger partial charge >= 0.3 is 0 Å². The highest BCUT2D eigenvalue weighted by atomic mass is 32.1. The van der Waals surface area contributed by atoms with Gasteiger partial charge in [-0.3, -0.25) is 0 Å². The smallest absolute Gasteiger partial charge is 0.199 e. The van der Waals surface area contributed by atoms with Crippen molar-refractivity contribution in [2.75, 3.05) is 0 Å². The Hall–Kier alpha value is -1.22. The molecule has 0 amide bonds. The average Bonchev–Trinajstić information content (AvgIpc) is 2.46. The number of allylic oxidation sites excluding steroid dienone is 1. The van der Waals surface area contributed by atoms with Gasteiger partial charge in [0, 0.05) is 11.3 Å². The van der Waals surface area contributed by atoms with E-state index in [1.807, 2.05) is 18.2 Å². The molecular formula is C10H9NOS. The van der Waals surface area contributed by atoms with Crippen molar-refractivity contribution in [3.8, 4) is 0 Å². The minimum absolute atomic E-state index is 0.663. The maximum absolute atomic E-state index is 5.45. The molecule has 0 saturated heterocycles. The molecule has 0 aliphatic rings. The van der Waals surface area contributed by atoms with Gasteiger partial charge in [-0.2, -0.15) is 0 Å². The van der Waals surface area contributed by atoms with E-state index in [1.54, 1.807) is 6.08 Å². The Kier molecular flexibility index (Phi) is 2.10. The standard InChI is InChI=1S/C10H9NOS/c1-2-3-10-11-8-6-7(13)4-5-9(8)12-10/h2,4-6,13H,1,3H2. The van der Waals surface area contributed by atoms with Crippen molar-refractivity contribution in [3.63, 3.8) is 0 Å². The molecule has 1 aromatic carbocycles. The van der Waals surface area contributed by atoms with E-state index in [9.17, 15) is 0 Å². The lowest BCUT2D eigenvalue weighted by Gasteiger charge is -1.86. The van der Waals surface area contributed by atoms with Crippen molar-refractivity contribution < 1.29 is 4.42 Å². The van der Waals surface area contributed by atoms with Crippen molar-refractivity contribution in [3.05, 3.63) is 36.7 Å². The predicted molar refractivity (Wildman–Crippen MR) is 55.2 cm³/mol. The molecule has 2 rings (SSSR count). The lowest BCUT2D eigenvalue weighted by Crippen LogP contribution is -1.77. The molecule has 2 nitrogen and oxygen atoms in total. The van der Waals surface area contributed by atoms with Crippen molar-refractivity contribution in [1.29, 1.82) is 0 Å². The number of hydrogen-bond acceptors (Lipinski definition) is 3. The van der Waals surface area contributed by atoms with Crippen LogP contribution in [0.2, 0.25) is 0 Å². The van der Waals surface area contributed by atoms with Gasteiger partial charge in [-0.1, -0.05) is 6.08 Å². The minimum atomic E-state index is 0.663. The van der Waals surface area contributed by atoms with Crippen LogP contribution in [-0.2, 0) is 6.42 Å². The fourth-order valence-corrected chi connectivity index (χ4v) is 1.37. The van der Waals surface area contributed by atoms with Gasteiger partial charge in [0.15, 0.2) is 11.5 Å². The molecule has 0 spiro atoms. The molecule has 0 atom stereocenters. The van der Waals surface area contributed by atoms with Gasteiger partial charge in [0.05, 0.1) is 0 Å². The van der Waals surface area contributed by atoms with E-state index in [1.165, 1.54) is 0 Å². The Morgan fingerprint density at radius 2 is 2.38 bits per heavy atom. The van der Waals surface area contributed by atoms with Crippen molar-refractivity contribution in [2.45, 2.75) is 11.3 Å². The Morgan fingerprint density at radius 3 is 3.15 bits per heavy atom. The predicted octanol–water partition coefficient (Wildman–Crippen LogP) is 2.85. The number of nitrogens with zero attached hydrogens (tertiary/aromatic N) is 1. The van der Waals surface area contributed by atoms with E-state index >= 15 is 0 Å². The first-order valence-corrected chi connectivity index (χ1v) is 4.43. The molecule has 0 radical (unpaired) electrons. The molecule has 2 aromatic rings. The number of oxazole rings is 1. The van der Waals surface area contributed by atoms with Crippen LogP contribution in [0.15, 0.2) is 40.2 Å². The summed E-state index contributed by atoms with van der Waals surface area (Å²) in [7, 11) is 0. The summed E-state index contributed by atoms with van der Waals surface area (Å²) in [5.74, 6) is 0.698. The van der Waals surface area contributed by atoms with Crippen LogP contribution in [0.3, 0.4) is 0 Å². The van der Waals surface area contributed by atoms with Crippen LogP contribution in [0.5, 0.6) is 0 Å². The first-order chi connectivity index (χ1) is 6.29. The molecule has 1 heterocycles. The van der Waals surface area contributed by atoms with Crippen LogP contribution in [0.25, 0.3) is 11.1 Å². The molecule has 1 aromatic heterocycles. The fourth-order valence-electron chi connectivity index (χ4n) is 1.17. The normalized spacial score (nSPS) is 10.5. The molecule has 0 aliphatic heterocycles. The summed E-state index contributed by atoms with van der Waals surface area (Å²) in [6, 6.07) is 5.64. The third-order valence-corrected chi connectivity index (χ3v) is 2.01. The molecular weight excluding hydrogens is 182 g/mol. The van der Waals surface area contributed by atoms with Crippen LogP contribution in [-0.4, -0.2) is 4.98 Å². The number of thiol groups is 1. The lowest BCUT2D eigenvalue weighted by molar-refractivity contribution is 0.547. The molecule has 0 fully saturated rings. The Balaban J connectivity index is 2.55. The van der Waals surface area contributed by atoms with E-state index < -0.39 is 0 Å². The van der Waals surface area contributed by atoms with Crippen molar-refractivity contribution >= 4 is 23.7 Å². The maximum atomic E-state index is 5.45. The molecule has 0 saturated carbocycles. The zero-order valence-corrected chi connectivity index (χ0v) is 7.92. The number of aromatic nitrogens is 1. The quantitative estimate of drug-likeness (QED) is 0.583. The highest BCUT2D eigenvalue weighted by Gasteiger charge is 2.03.